The number of hydrogen-bond acceptors (Lipinski definition) is 3. The second-order valence-electron chi connectivity index (χ2n) is 4.84. The van der Waals surface area contributed by atoms with Crippen molar-refractivity contribution in [2.75, 3.05) is 12.3 Å². The molecule has 0 saturated carbocycles. The molecule has 102 valence electrons. The van der Waals surface area contributed by atoms with Crippen LogP contribution in [0.2, 0.25) is 0 Å². The van der Waals surface area contributed by atoms with Gasteiger partial charge in [0.1, 0.15) is 12.4 Å². The van der Waals surface area contributed by atoms with E-state index in [1.165, 1.54) is 0 Å². The molecule has 2 aromatic carbocycles. The van der Waals surface area contributed by atoms with Crippen LogP contribution < -0.4 is 15.8 Å². The fourth-order valence-corrected chi connectivity index (χ4v) is 2.40. The van der Waals surface area contributed by atoms with Crippen LogP contribution in [0.4, 0.5) is 5.69 Å². The van der Waals surface area contributed by atoms with Crippen LogP contribution in [0.5, 0.6) is 5.75 Å². The van der Waals surface area contributed by atoms with Crippen LogP contribution in [0.3, 0.4) is 0 Å². The van der Waals surface area contributed by atoms with Gasteiger partial charge in [0.2, 0.25) is 5.91 Å². The van der Waals surface area contributed by atoms with Crippen molar-refractivity contribution in [3.63, 3.8) is 0 Å². The first-order valence-electron chi connectivity index (χ1n) is 6.58. The number of nitrogen functional groups attached to an aromatic ring is 1. The van der Waals surface area contributed by atoms with Crippen LogP contribution >= 0.6 is 0 Å². The van der Waals surface area contributed by atoms with E-state index < -0.39 is 0 Å². The lowest BCUT2D eigenvalue weighted by Crippen LogP contribution is -2.30. The molecular formula is C16H16N2O2. The Hall–Kier alpha value is -2.49. The number of anilines is 1. The number of benzene rings is 2. The number of nitrogens with two attached hydrogens (primary N) is 1. The van der Waals surface area contributed by atoms with Gasteiger partial charge in [-0.3, -0.25) is 4.79 Å². The van der Waals surface area contributed by atoms with Crippen molar-refractivity contribution < 1.29 is 9.53 Å². The summed E-state index contributed by atoms with van der Waals surface area (Å²) in [6, 6.07) is 15.1. The number of nitrogens with one attached hydrogen (secondary N) is 1. The smallest absolute Gasteiger partial charge is 0.225 e. The lowest BCUT2D eigenvalue weighted by Gasteiger charge is -2.12. The average Bonchev–Trinajstić information content (AvgIpc) is 2.85. The summed E-state index contributed by atoms with van der Waals surface area (Å²) in [7, 11) is 0. The molecule has 1 aliphatic rings. The van der Waals surface area contributed by atoms with Crippen LogP contribution in [-0.2, 0) is 11.2 Å². The van der Waals surface area contributed by atoms with Gasteiger partial charge in [-0.05, 0) is 17.7 Å². The summed E-state index contributed by atoms with van der Waals surface area (Å²) in [6.07, 6.45) is 0.283. The largest absolute Gasteiger partial charge is 0.491 e. The van der Waals surface area contributed by atoms with Crippen molar-refractivity contribution in [3.8, 4) is 5.75 Å². The number of hydrogen-bond donors (Lipinski definition) is 2. The topological polar surface area (TPSA) is 64.4 Å². The molecule has 0 radical (unpaired) electrons. The van der Waals surface area contributed by atoms with Crippen molar-refractivity contribution >= 4 is 11.6 Å². The summed E-state index contributed by atoms with van der Waals surface area (Å²) in [6.45, 7) is 0.482. The Morgan fingerprint density at radius 2 is 1.95 bits per heavy atom. The van der Waals surface area contributed by atoms with E-state index in [9.17, 15) is 4.79 Å². The van der Waals surface area contributed by atoms with Gasteiger partial charge in [-0.25, -0.2) is 0 Å². The number of ether oxygens (including phenoxy) is 1. The van der Waals surface area contributed by atoms with E-state index in [-0.39, 0.29) is 18.4 Å². The van der Waals surface area contributed by atoms with Gasteiger partial charge in [0.05, 0.1) is 12.5 Å². The first-order chi connectivity index (χ1) is 9.74. The van der Waals surface area contributed by atoms with Gasteiger partial charge in [0.25, 0.3) is 0 Å². The Kier molecular flexibility index (Phi) is 3.29. The van der Waals surface area contributed by atoms with Crippen molar-refractivity contribution in [2.24, 2.45) is 0 Å². The highest BCUT2D eigenvalue weighted by atomic mass is 16.5. The maximum atomic E-state index is 12.1. The van der Waals surface area contributed by atoms with E-state index in [1.807, 2.05) is 42.5 Å². The molecule has 0 spiro atoms. The lowest BCUT2D eigenvalue weighted by molar-refractivity contribution is -0.121. The SMILES string of the molecule is Nc1ccccc1CC(=O)NC1COc2ccccc21. The van der Waals surface area contributed by atoms with Crippen LogP contribution in [0.15, 0.2) is 48.5 Å². The van der Waals surface area contributed by atoms with Crippen LogP contribution in [-0.4, -0.2) is 12.5 Å². The molecule has 4 heteroatoms. The molecule has 20 heavy (non-hydrogen) atoms. The quantitative estimate of drug-likeness (QED) is 0.837. The predicted molar refractivity (Wildman–Crippen MR) is 77.4 cm³/mol. The Morgan fingerprint density at radius 1 is 1.20 bits per heavy atom. The first kappa shape index (κ1) is 12.5. The molecule has 1 aliphatic heterocycles. The minimum atomic E-state index is -0.0800. The molecule has 0 aliphatic carbocycles. The fourth-order valence-electron chi connectivity index (χ4n) is 2.40. The first-order valence-corrected chi connectivity index (χ1v) is 6.58. The Labute approximate surface area is 117 Å². The monoisotopic (exact) mass is 268 g/mol. The van der Waals surface area contributed by atoms with Gasteiger partial charge in [0.15, 0.2) is 0 Å². The highest BCUT2D eigenvalue weighted by Gasteiger charge is 2.25. The molecule has 3 rings (SSSR count). The van der Waals surface area contributed by atoms with E-state index >= 15 is 0 Å². The van der Waals surface area contributed by atoms with Gasteiger partial charge >= 0.3 is 0 Å². The van der Waals surface area contributed by atoms with Gasteiger partial charge < -0.3 is 15.8 Å². The van der Waals surface area contributed by atoms with E-state index in [4.69, 9.17) is 10.5 Å². The minimum absolute atomic E-state index is 0.0480. The Balaban J connectivity index is 1.68. The number of rotatable bonds is 3. The van der Waals surface area contributed by atoms with Crippen LogP contribution in [0, 0.1) is 0 Å². The highest BCUT2D eigenvalue weighted by molar-refractivity contribution is 5.80. The minimum Gasteiger partial charge on any atom is -0.491 e. The lowest BCUT2D eigenvalue weighted by atomic mass is 10.1. The Morgan fingerprint density at radius 3 is 2.80 bits per heavy atom. The summed E-state index contributed by atoms with van der Waals surface area (Å²) in [5, 5.41) is 2.99. The normalized spacial score (nSPS) is 16.3. The molecular weight excluding hydrogens is 252 g/mol. The predicted octanol–water partition coefficient (Wildman–Crippen LogP) is 2.06. The van der Waals surface area contributed by atoms with Crippen molar-refractivity contribution in [1.82, 2.24) is 5.32 Å². The molecule has 1 unspecified atom stereocenters. The van der Waals surface area contributed by atoms with Crippen LogP contribution in [0.1, 0.15) is 17.2 Å². The number of para-hydroxylation sites is 2. The highest BCUT2D eigenvalue weighted by Crippen LogP contribution is 2.31. The summed E-state index contributed by atoms with van der Waals surface area (Å²) >= 11 is 0. The number of carbonyl (C=O) groups excluding carboxylic acids is 1. The van der Waals surface area contributed by atoms with Gasteiger partial charge in [0, 0.05) is 11.3 Å². The third-order valence-corrected chi connectivity index (χ3v) is 3.44. The number of carbonyl (C=O) groups is 1. The van der Waals surface area contributed by atoms with E-state index in [0.717, 1.165) is 16.9 Å². The second-order valence-corrected chi connectivity index (χ2v) is 4.84. The molecule has 0 saturated heterocycles. The molecule has 0 bridgehead atoms. The van der Waals surface area contributed by atoms with Gasteiger partial charge in [-0.1, -0.05) is 36.4 Å². The van der Waals surface area contributed by atoms with E-state index in [2.05, 4.69) is 5.32 Å². The van der Waals surface area contributed by atoms with Gasteiger partial charge in [-0.2, -0.15) is 0 Å². The second kappa shape index (κ2) is 5.25. The van der Waals surface area contributed by atoms with Gasteiger partial charge in [-0.15, -0.1) is 0 Å². The fraction of sp³-hybridized carbons (Fsp3) is 0.188. The van der Waals surface area contributed by atoms with Crippen molar-refractivity contribution in [3.05, 3.63) is 59.7 Å². The average molecular weight is 268 g/mol. The summed E-state index contributed by atoms with van der Waals surface area (Å²) in [4.78, 5) is 12.1. The molecule has 2 aromatic rings. The van der Waals surface area contributed by atoms with E-state index in [1.54, 1.807) is 6.07 Å². The zero-order valence-corrected chi connectivity index (χ0v) is 11.0. The van der Waals surface area contributed by atoms with E-state index in [0.29, 0.717) is 12.3 Å². The maximum Gasteiger partial charge on any atom is 0.225 e. The third-order valence-electron chi connectivity index (χ3n) is 3.44. The molecule has 0 fully saturated rings. The van der Waals surface area contributed by atoms with Crippen molar-refractivity contribution in [1.29, 1.82) is 0 Å². The number of amides is 1. The molecule has 1 atom stereocenters. The molecule has 1 amide bonds. The molecule has 1 heterocycles. The maximum absolute atomic E-state index is 12.1. The molecule has 0 aromatic heterocycles. The number of fused-ring (bicyclic) bond motifs is 1. The molecule has 4 nitrogen and oxygen atoms in total. The zero-order valence-electron chi connectivity index (χ0n) is 11.0. The molecule has 3 N–H and O–H groups in total. The zero-order chi connectivity index (χ0) is 13.9. The summed E-state index contributed by atoms with van der Waals surface area (Å²) in [5.41, 5.74) is 8.37. The Bertz CT molecular complexity index is 640. The summed E-state index contributed by atoms with van der Waals surface area (Å²) in [5.74, 6) is 0.797. The summed E-state index contributed by atoms with van der Waals surface area (Å²) < 4.78 is 5.55. The third kappa shape index (κ3) is 2.45. The van der Waals surface area contributed by atoms with Crippen molar-refractivity contribution in [2.45, 2.75) is 12.5 Å². The van der Waals surface area contributed by atoms with Crippen LogP contribution in [0.25, 0.3) is 0 Å². The standard InChI is InChI=1S/C16H16N2O2/c17-13-7-3-1-5-11(13)9-16(19)18-14-10-20-15-8-4-2-6-12(14)15/h1-8,14H,9-10,17H2,(H,18,19).